The predicted octanol–water partition coefficient (Wildman–Crippen LogP) is 0.773. The van der Waals surface area contributed by atoms with Gasteiger partial charge >= 0.3 is 0 Å². The van der Waals surface area contributed by atoms with Gasteiger partial charge in [0.2, 0.25) is 5.76 Å². The monoisotopic (exact) mass is 223 g/mol. The summed E-state index contributed by atoms with van der Waals surface area (Å²) in [6, 6.07) is 0.249. The van der Waals surface area contributed by atoms with Crippen LogP contribution in [0.5, 0.6) is 0 Å². The molecule has 5 nitrogen and oxygen atoms in total. The maximum Gasteiger partial charge on any atom is 0.289 e. The average Bonchev–Trinajstić information content (AvgIpc) is 2.59. The Bertz CT molecular complexity index is 381. The molecule has 0 bridgehead atoms. The fourth-order valence-corrected chi connectivity index (χ4v) is 1.96. The number of amides is 1. The molecule has 2 N–H and O–H groups in total. The van der Waals surface area contributed by atoms with Crippen LogP contribution in [0.4, 0.5) is 0 Å². The molecule has 0 aromatic carbocycles. The molecule has 1 aromatic heterocycles. The van der Waals surface area contributed by atoms with Crippen LogP contribution in [0.2, 0.25) is 0 Å². The second-order valence-electron chi connectivity index (χ2n) is 4.15. The van der Waals surface area contributed by atoms with E-state index in [2.05, 4.69) is 15.6 Å². The average molecular weight is 223 g/mol. The predicted molar refractivity (Wildman–Crippen MR) is 59.3 cm³/mol. The largest absolute Gasteiger partial charge is 0.436 e. The van der Waals surface area contributed by atoms with Crippen LogP contribution in [0.3, 0.4) is 0 Å². The standard InChI is InChI=1S/C11H17N3O2/c1-7-10(16-8(2)13-7)11(15)14-9-3-5-12-6-4-9/h9,12H,3-6H2,1-2H3,(H,14,15). The molecule has 2 rings (SSSR count). The first-order chi connectivity index (χ1) is 7.66. The van der Waals surface area contributed by atoms with Crippen molar-refractivity contribution in [2.24, 2.45) is 0 Å². The molecule has 0 saturated carbocycles. The fourth-order valence-electron chi connectivity index (χ4n) is 1.96. The third-order valence-corrected chi connectivity index (χ3v) is 2.78. The van der Waals surface area contributed by atoms with Gasteiger partial charge in [-0.2, -0.15) is 0 Å². The lowest BCUT2D eigenvalue weighted by Gasteiger charge is -2.23. The maximum absolute atomic E-state index is 11.9. The van der Waals surface area contributed by atoms with Crippen molar-refractivity contribution in [2.45, 2.75) is 32.7 Å². The fraction of sp³-hybridized carbons (Fsp3) is 0.636. The van der Waals surface area contributed by atoms with E-state index in [0.29, 0.717) is 17.3 Å². The summed E-state index contributed by atoms with van der Waals surface area (Å²) < 4.78 is 5.28. The van der Waals surface area contributed by atoms with Crippen molar-refractivity contribution in [3.63, 3.8) is 0 Å². The molecular weight excluding hydrogens is 206 g/mol. The summed E-state index contributed by atoms with van der Waals surface area (Å²) in [6.07, 6.45) is 1.94. The number of aryl methyl sites for hydroxylation is 2. The lowest BCUT2D eigenvalue weighted by molar-refractivity contribution is 0.0899. The number of nitrogens with one attached hydrogen (secondary N) is 2. The zero-order chi connectivity index (χ0) is 11.5. The molecule has 16 heavy (non-hydrogen) atoms. The number of carbonyl (C=O) groups excluding carboxylic acids is 1. The van der Waals surface area contributed by atoms with E-state index in [1.165, 1.54) is 0 Å². The molecule has 1 aliphatic heterocycles. The van der Waals surface area contributed by atoms with E-state index in [-0.39, 0.29) is 11.9 Å². The van der Waals surface area contributed by atoms with Gasteiger partial charge in [0.25, 0.3) is 5.91 Å². The summed E-state index contributed by atoms with van der Waals surface area (Å²) in [7, 11) is 0. The Morgan fingerprint density at radius 2 is 2.12 bits per heavy atom. The third-order valence-electron chi connectivity index (χ3n) is 2.78. The van der Waals surface area contributed by atoms with E-state index >= 15 is 0 Å². The highest BCUT2D eigenvalue weighted by atomic mass is 16.4. The van der Waals surface area contributed by atoms with Gasteiger partial charge in [0.15, 0.2) is 5.89 Å². The summed E-state index contributed by atoms with van der Waals surface area (Å²) >= 11 is 0. The first-order valence-corrected chi connectivity index (χ1v) is 5.62. The lowest BCUT2D eigenvalue weighted by atomic mass is 10.1. The molecule has 1 amide bonds. The third kappa shape index (κ3) is 2.41. The van der Waals surface area contributed by atoms with Crippen molar-refractivity contribution >= 4 is 5.91 Å². The van der Waals surface area contributed by atoms with Gasteiger partial charge in [0.1, 0.15) is 0 Å². The van der Waals surface area contributed by atoms with Crippen molar-refractivity contribution in [1.29, 1.82) is 0 Å². The van der Waals surface area contributed by atoms with Crippen LogP contribution in [0.15, 0.2) is 4.42 Å². The molecule has 2 heterocycles. The molecule has 88 valence electrons. The Hall–Kier alpha value is -1.36. The summed E-state index contributed by atoms with van der Waals surface area (Å²) in [5, 5.41) is 6.23. The Kier molecular flexibility index (Phi) is 3.24. The molecule has 1 fully saturated rings. The van der Waals surface area contributed by atoms with Crippen molar-refractivity contribution < 1.29 is 9.21 Å². The lowest BCUT2D eigenvalue weighted by Crippen LogP contribution is -2.42. The van der Waals surface area contributed by atoms with Crippen LogP contribution in [0, 0.1) is 13.8 Å². The molecule has 0 spiro atoms. The van der Waals surface area contributed by atoms with Crippen LogP contribution in [0.1, 0.15) is 35.0 Å². The van der Waals surface area contributed by atoms with Crippen LogP contribution in [-0.2, 0) is 0 Å². The number of oxazole rings is 1. The van der Waals surface area contributed by atoms with E-state index < -0.39 is 0 Å². The number of hydrogen-bond donors (Lipinski definition) is 2. The van der Waals surface area contributed by atoms with Gasteiger partial charge in [-0.25, -0.2) is 4.98 Å². The minimum Gasteiger partial charge on any atom is -0.436 e. The van der Waals surface area contributed by atoms with Gasteiger partial charge in [-0.3, -0.25) is 4.79 Å². The molecule has 0 radical (unpaired) electrons. The Balaban J connectivity index is 1.99. The van der Waals surface area contributed by atoms with E-state index in [1.54, 1.807) is 13.8 Å². The van der Waals surface area contributed by atoms with Crippen molar-refractivity contribution in [1.82, 2.24) is 15.6 Å². The summed E-state index contributed by atoms with van der Waals surface area (Å²) in [5.74, 6) is 0.731. The van der Waals surface area contributed by atoms with Gasteiger partial charge in [-0.15, -0.1) is 0 Å². The number of carbonyl (C=O) groups is 1. The smallest absolute Gasteiger partial charge is 0.289 e. The topological polar surface area (TPSA) is 67.2 Å². The second-order valence-corrected chi connectivity index (χ2v) is 4.15. The van der Waals surface area contributed by atoms with Gasteiger partial charge in [-0.05, 0) is 32.9 Å². The van der Waals surface area contributed by atoms with E-state index in [9.17, 15) is 4.79 Å². The van der Waals surface area contributed by atoms with Crippen LogP contribution >= 0.6 is 0 Å². The Labute approximate surface area is 94.6 Å². The normalized spacial score (nSPS) is 17.4. The highest BCUT2D eigenvalue weighted by Crippen LogP contribution is 2.10. The number of hydrogen-bond acceptors (Lipinski definition) is 4. The minimum absolute atomic E-state index is 0.148. The van der Waals surface area contributed by atoms with Gasteiger partial charge in [0, 0.05) is 13.0 Å². The highest BCUT2D eigenvalue weighted by molar-refractivity contribution is 5.92. The van der Waals surface area contributed by atoms with E-state index in [4.69, 9.17) is 4.42 Å². The summed E-state index contributed by atoms with van der Waals surface area (Å²) in [6.45, 7) is 5.45. The number of nitrogens with zero attached hydrogens (tertiary/aromatic N) is 1. The summed E-state index contributed by atoms with van der Waals surface area (Å²) in [4.78, 5) is 16.0. The van der Waals surface area contributed by atoms with E-state index in [0.717, 1.165) is 25.9 Å². The molecule has 0 aliphatic carbocycles. The molecule has 0 atom stereocenters. The van der Waals surface area contributed by atoms with E-state index in [1.807, 2.05) is 0 Å². The molecular formula is C11H17N3O2. The van der Waals surface area contributed by atoms with Gasteiger partial charge in [-0.1, -0.05) is 0 Å². The molecule has 5 heteroatoms. The van der Waals surface area contributed by atoms with Crippen molar-refractivity contribution in [3.05, 3.63) is 17.3 Å². The molecule has 1 aromatic rings. The zero-order valence-electron chi connectivity index (χ0n) is 9.67. The number of piperidine rings is 1. The Morgan fingerprint density at radius 3 is 2.69 bits per heavy atom. The minimum atomic E-state index is -0.148. The quantitative estimate of drug-likeness (QED) is 0.777. The first kappa shape index (κ1) is 11.1. The van der Waals surface area contributed by atoms with Crippen molar-refractivity contribution in [3.8, 4) is 0 Å². The molecule has 1 saturated heterocycles. The highest BCUT2D eigenvalue weighted by Gasteiger charge is 2.20. The molecule has 1 aliphatic rings. The Morgan fingerprint density at radius 1 is 1.44 bits per heavy atom. The van der Waals surface area contributed by atoms with Gasteiger partial charge < -0.3 is 15.1 Å². The second kappa shape index (κ2) is 4.65. The zero-order valence-corrected chi connectivity index (χ0v) is 9.67. The number of rotatable bonds is 2. The number of aromatic nitrogens is 1. The summed E-state index contributed by atoms with van der Waals surface area (Å²) in [5.41, 5.74) is 0.656. The van der Waals surface area contributed by atoms with Crippen LogP contribution in [-0.4, -0.2) is 30.0 Å². The maximum atomic E-state index is 11.9. The van der Waals surface area contributed by atoms with Crippen LogP contribution < -0.4 is 10.6 Å². The SMILES string of the molecule is Cc1nc(C)c(C(=O)NC2CCNCC2)o1. The first-order valence-electron chi connectivity index (χ1n) is 5.62. The van der Waals surface area contributed by atoms with Crippen molar-refractivity contribution in [2.75, 3.05) is 13.1 Å². The van der Waals surface area contributed by atoms with Gasteiger partial charge in [0.05, 0.1) is 5.69 Å². The molecule has 0 unspecified atom stereocenters. The van der Waals surface area contributed by atoms with Crippen LogP contribution in [0.25, 0.3) is 0 Å².